The molecule has 0 bridgehead atoms. The molecule has 2 heterocycles. The monoisotopic (exact) mass is 394 g/mol. The van der Waals surface area contributed by atoms with Crippen LogP contribution in [0.5, 0.6) is 11.5 Å². The van der Waals surface area contributed by atoms with Crippen LogP contribution in [0.15, 0.2) is 47.5 Å². The molecule has 0 radical (unpaired) electrons. The Morgan fingerprint density at radius 3 is 2.76 bits per heavy atom. The van der Waals surface area contributed by atoms with E-state index in [1.54, 1.807) is 6.07 Å². The van der Waals surface area contributed by atoms with Gasteiger partial charge in [-0.15, -0.1) is 0 Å². The van der Waals surface area contributed by atoms with Crippen LogP contribution in [-0.4, -0.2) is 61.8 Å². The first-order valence-electron chi connectivity index (χ1n) is 10.6. The molecule has 1 fully saturated rings. The Balaban J connectivity index is 1.34. The summed E-state index contributed by atoms with van der Waals surface area (Å²) in [5, 5.41) is 13.5. The van der Waals surface area contributed by atoms with Gasteiger partial charge in [0.25, 0.3) is 0 Å². The number of aliphatic imine (C=N–C) groups is 1. The van der Waals surface area contributed by atoms with Crippen LogP contribution in [0.2, 0.25) is 0 Å². The molecule has 2 aromatic carbocycles. The van der Waals surface area contributed by atoms with Crippen LogP contribution in [0.1, 0.15) is 18.1 Å². The first kappa shape index (κ1) is 19.4. The fourth-order valence-electron chi connectivity index (χ4n) is 4.00. The van der Waals surface area contributed by atoms with Crippen LogP contribution in [0.4, 0.5) is 5.69 Å². The Hall–Kier alpha value is -2.89. The molecule has 2 N–H and O–H groups in total. The zero-order valence-corrected chi connectivity index (χ0v) is 17.1. The average molecular weight is 395 g/mol. The number of piperazine rings is 1. The minimum Gasteiger partial charge on any atom is -0.506 e. The summed E-state index contributed by atoms with van der Waals surface area (Å²) in [7, 11) is 0. The molecule has 6 heteroatoms. The minimum atomic E-state index is 0.348. The fraction of sp³-hybridized carbons (Fsp3) is 0.435. The van der Waals surface area contributed by atoms with Crippen molar-refractivity contribution in [2.45, 2.75) is 19.8 Å². The molecule has 4 rings (SSSR count). The number of hydrogen-bond donors (Lipinski definition) is 2. The van der Waals surface area contributed by atoms with Crippen molar-refractivity contribution in [3.05, 3.63) is 53.6 Å². The quantitative estimate of drug-likeness (QED) is 0.603. The summed E-state index contributed by atoms with van der Waals surface area (Å²) >= 11 is 0. The highest BCUT2D eigenvalue weighted by molar-refractivity contribution is 5.80. The molecule has 6 nitrogen and oxygen atoms in total. The van der Waals surface area contributed by atoms with E-state index in [4.69, 9.17) is 9.73 Å². The molecule has 2 aromatic rings. The lowest BCUT2D eigenvalue weighted by Crippen LogP contribution is -2.52. The highest BCUT2D eigenvalue weighted by Crippen LogP contribution is 2.27. The maximum absolute atomic E-state index is 10.1. The van der Waals surface area contributed by atoms with E-state index in [1.165, 1.54) is 11.1 Å². The second-order valence-corrected chi connectivity index (χ2v) is 7.49. The molecule has 0 aliphatic carbocycles. The number of rotatable bonds is 5. The number of anilines is 1. The van der Waals surface area contributed by atoms with Crippen LogP contribution in [-0.2, 0) is 12.8 Å². The van der Waals surface area contributed by atoms with Gasteiger partial charge in [-0.05, 0) is 42.7 Å². The summed E-state index contributed by atoms with van der Waals surface area (Å²) < 4.78 is 5.59. The maximum atomic E-state index is 10.1. The van der Waals surface area contributed by atoms with Crippen molar-refractivity contribution in [3.8, 4) is 11.5 Å². The standard InChI is InChI=1S/C23H30N4O2/c1-2-24-23(25-11-9-18-7-8-22-19(17-18)10-16-29-22)27-14-12-26(13-15-27)20-5-3-4-6-21(20)28/h3-8,17,28H,2,9-16H2,1H3,(H,24,25). The van der Waals surface area contributed by atoms with E-state index in [1.807, 2.05) is 18.2 Å². The molecule has 0 saturated carbocycles. The number of phenolic OH excluding ortho intramolecular Hbond substituents is 1. The summed E-state index contributed by atoms with van der Waals surface area (Å²) in [6.07, 6.45) is 1.94. The van der Waals surface area contributed by atoms with Crippen molar-refractivity contribution < 1.29 is 9.84 Å². The summed E-state index contributed by atoms with van der Waals surface area (Å²) in [5.74, 6) is 2.36. The van der Waals surface area contributed by atoms with Crippen molar-refractivity contribution in [2.24, 2.45) is 4.99 Å². The van der Waals surface area contributed by atoms with Crippen LogP contribution >= 0.6 is 0 Å². The van der Waals surface area contributed by atoms with E-state index < -0.39 is 0 Å². The predicted molar refractivity (Wildman–Crippen MR) is 117 cm³/mol. The van der Waals surface area contributed by atoms with E-state index >= 15 is 0 Å². The van der Waals surface area contributed by atoms with E-state index in [0.717, 1.165) is 76.1 Å². The van der Waals surface area contributed by atoms with Gasteiger partial charge in [-0.3, -0.25) is 4.99 Å². The first-order valence-corrected chi connectivity index (χ1v) is 10.6. The molecule has 1 saturated heterocycles. The lowest BCUT2D eigenvalue weighted by Gasteiger charge is -2.37. The molecule has 2 aliphatic heterocycles. The topological polar surface area (TPSA) is 60.3 Å². The molecule has 0 spiro atoms. The van der Waals surface area contributed by atoms with Crippen molar-refractivity contribution in [2.75, 3.05) is 50.8 Å². The summed E-state index contributed by atoms with van der Waals surface area (Å²) in [6, 6.07) is 14.1. The van der Waals surface area contributed by atoms with Crippen LogP contribution < -0.4 is 15.0 Å². The fourth-order valence-corrected chi connectivity index (χ4v) is 4.00. The number of para-hydroxylation sites is 2. The largest absolute Gasteiger partial charge is 0.506 e. The van der Waals surface area contributed by atoms with Crippen LogP contribution in [0.3, 0.4) is 0 Å². The van der Waals surface area contributed by atoms with Crippen molar-refractivity contribution in [1.82, 2.24) is 10.2 Å². The van der Waals surface area contributed by atoms with Gasteiger partial charge in [-0.25, -0.2) is 0 Å². The number of nitrogens with one attached hydrogen (secondary N) is 1. The number of aromatic hydroxyl groups is 1. The highest BCUT2D eigenvalue weighted by Gasteiger charge is 2.21. The number of hydrogen-bond acceptors (Lipinski definition) is 4. The summed E-state index contributed by atoms with van der Waals surface area (Å²) in [4.78, 5) is 9.43. The molecule has 0 aromatic heterocycles. The van der Waals surface area contributed by atoms with Gasteiger partial charge in [0.2, 0.25) is 0 Å². The predicted octanol–water partition coefficient (Wildman–Crippen LogP) is 2.66. The SMILES string of the molecule is CCNC(=NCCc1ccc2c(c1)CCO2)N1CCN(c2ccccc2O)CC1. The molecular formula is C23H30N4O2. The van der Waals surface area contributed by atoms with Gasteiger partial charge < -0.3 is 25.0 Å². The first-order chi connectivity index (χ1) is 14.2. The Kier molecular flexibility index (Phi) is 6.08. The Bertz CT molecular complexity index is 860. The van der Waals surface area contributed by atoms with Gasteiger partial charge in [0, 0.05) is 45.7 Å². The minimum absolute atomic E-state index is 0.348. The van der Waals surface area contributed by atoms with Crippen LogP contribution in [0.25, 0.3) is 0 Å². The molecule has 0 atom stereocenters. The highest BCUT2D eigenvalue weighted by atomic mass is 16.5. The third kappa shape index (κ3) is 4.58. The third-order valence-electron chi connectivity index (χ3n) is 5.55. The summed E-state index contributed by atoms with van der Waals surface area (Å²) in [6.45, 7) is 8.03. The molecular weight excluding hydrogens is 364 g/mol. The molecule has 2 aliphatic rings. The Morgan fingerprint density at radius 1 is 1.14 bits per heavy atom. The van der Waals surface area contributed by atoms with Gasteiger partial charge in [0.15, 0.2) is 5.96 Å². The Labute approximate surface area is 172 Å². The van der Waals surface area contributed by atoms with Gasteiger partial charge >= 0.3 is 0 Å². The van der Waals surface area contributed by atoms with E-state index in [2.05, 4.69) is 40.2 Å². The molecule has 29 heavy (non-hydrogen) atoms. The third-order valence-corrected chi connectivity index (χ3v) is 5.55. The number of guanidine groups is 1. The number of ether oxygens (including phenoxy) is 1. The normalized spacial score (nSPS) is 16.5. The van der Waals surface area contributed by atoms with Crippen molar-refractivity contribution >= 4 is 11.6 Å². The average Bonchev–Trinajstić information content (AvgIpc) is 3.22. The van der Waals surface area contributed by atoms with Crippen molar-refractivity contribution in [3.63, 3.8) is 0 Å². The number of benzene rings is 2. The molecule has 0 unspecified atom stereocenters. The van der Waals surface area contributed by atoms with Crippen molar-refractivity contribution in [1.29, 1.82) is 0 Å². The lowest BCUT2D eigenvalue weighted by atomic mass is 10.1. The Morgan fingerprint density at radius 2 is 1.97 bits per heavy atom. The number of phenols is 1. The van der Waals surface area contributed by atoms with Gasteiger partial charge in [0.1, 0.15) is 11.5 Å². The molecule has 0 amide bonds. The van der Waals surface area contributed by atoms with Gasteiger partial charge in [-0.1, -0.05) is 24.3 Å². The lowest BCUT2D eigenvalue weighted by molar-refractivity contribution is 0.357. The van der Waals surface area contributed by atoms with Crippen LogP contribution in [0, 0.1) is 0 Å². The zero-order chi connectivity index (χ0) is 20.1. The van der Waals surface area contributed by atoms with E-state index in [0.29, 0.717) is 5.75 Å². The summed E-state index contributed by atoms with van der Waals surface area (Å²) in [5.41, 5.74) is 3.55. The smallest absolute Gasteiger partial charge is 0.194 e. The number of fused-ring (bicyclic) bond motifs is 1. The maximum Gasteiger partial charge on any atom is 0.194 e. The van der Waals surface area contributed by atoms with E-state index in [-0.39, 0.29) is 0 Å². The number of nitrogens with zero attached hydrogens (tertiary/aromatic N) is 3. The van der Waals surface area contributed by atoms with Gasteiger partial charge in [0.05, 0.1) is 12.3 Å². The second-order valence-electron chi connectivity index (χ2n) is 7.49. The molecule has 154 valence electrons. The second kappa shape index (κ2) is 9.07. The zero-order valence-electron chi connectivity index (χ0n) is 17.1. The van der Waals surface area contributed by atoms with Gasteiger partial charge in [-0.2, -0.15) is 0 Å². The van der Waals surface area contributed by atoms with E-state index in [9.17, 15) is 5.11 Å².